The minimum Gasteiger partial charge on any atom is -0.394 e. The van der Waals surface area contributed by atoms with Gasteiger partial charge in [-0.15, -0.1) is 0 Å². The van der Waals surface area contributed by atoms with E-state index in [0.717, 1.165) is 64.2 Å². The van der Waals surface area contributed by atoms with Gasteiger partial charge in [-0.2, -0.15) is 0 Å². The molecule has 2 heterocycles. The maximum Gasteiger partial charge on any atom is 0.472 e. The summed E-state index contributed by atoms with van der Waals surface area (Å²) in [6, 6.07) is -3.32. The molecule has 1 amide bonds. The first kappa shape index (κ1) is 78.1. The molecule has 0 aromatic rings. The molecular weight excluding hydrogens is 1130 g/mol. The number of unbranched alkanes of at least 4 members (excludes halogenated alkanes) is 30. The monoisotopic (exact) mass is 1250 g/mol. The summed E-state index contributed by atoms with van der Waals surface area (Å²) in [6.07, 6.45) is 2.82. The number of phosphoric ester groups is 1. The molecule has 1 aliphatic carbocycles. The number of carbonyl (C=O) groups excluding carboxylic acids is 1. The van der Waals surface area contributed by atoms with Crippen molar-refractivity contribution in [1.29, 1.82) is 0 Å². The summed E-state index contributed by atoms with van der Waals surface area (Å²) < 4.78 is 46.7. The van der Waals surface area contributed by atoms with Crippen LogP contribution in [-0.2, 0) is 37.4 Å². The Balaban J connectivity index is 1.59. The Hall–Kier alpha value is -1.14. The average Bonchev–Trinajstić information content (AvgIpc) is 2.86. The fourth-order valence-corrected chi connectivity index (χ4v) is 12.4. The first-order valence-electron chi connectivity index (χ1n) is 32.8. The second-order valence-electron chi connectivity index (χ2n) is 24.4. The SMILES string of the molecule is CCCCCCCCCCCCCCCCCCCCCCC(O)C(=O)NC(COP(=O)(O)O[C@H]1[C@H](O)[C@@H](O)[C@H](O)[C@@H](O)[C@H]1O[C@H]1O[C@H](CO[C@H]2O[C@H](CO)[C@@H](O)[C@H](O)[C@@H]2O)[C@@H](O)[C@H](O)[C@H]1N)C(O)C(O)CCCCCCCCCCCCCC. The van der Waals surface area contributed by atoms with Crippen LogP contribution in [0.4, 0.5) is 0 Å². The molecule has 24 nitrogen and oxygen atoms in total. The molecule has 2 saturated heterocycles. The average molecular weight is 1250 g/mol. The lowest BCUT2D eigenvalue weighted by molar-refractivity contribution is -0.334. The third-order valence-electron chi connectivity index (χ3n) is 17.2. The van der Waals surface area contributed by atoms with Gasteiger partial charge in [0.05, 0.1) is 38.0 Å². The van der Waals surface area contributed by atoms with E-state index in [1.165, 1.54) is 128 Å². The predicted octanol–water partition coefficient (Wildman–Crippen LogP) is 3.79. The van der Waals surface area contributed by atoms with Crippen LogP contribution in [0.3, 0.4) is 0 Å². The number of carbonyl (C=O) groups is 1. The number of nitrogens with one attached hydrogen (secondary N) is 1. The lowest BCUT2D eigenvalue weighted by Gasteiger charge is -2.47. The fourth-order valence-electron chi connectivity index (χ4n) is 11.4. The zero-order valence-electron chi connectivity index (χ0n) is 51.3. The van der Waals surface area contributed by atoms with Crippen molar-refractivity contribution in [3.8, 4) is 0 Å². The summed E-state index contributed by atoms with van der Waals surface area (Å²) >= 11 is 0. The van der Waals surface area contributed by atoms with Crippen molar-refractivity contribution < 1.29 is 109 Å². The normalized spacial score (nSPS) is 31.3. The van der Waals surface area contributed by atoms with E-state index in [1.807, 2.05) is 0 Å². The van der Waals surface area contributed by atoms with Crippen molar-refractivity contribution in [1.82, 2.24) is 5.32 Å². The molecule has 0 aromatic carbocycles. The molecule has 0 spiro atoms. The molecular formula is C60H117N2O22P. The predicted molar refractivity (Wildman–Crippen MR) is 316 cm³/mol. The summed E-state index contributed by atoms with van der Waals surface area (Å²) in [7, 11) is -5.58. The molecule has 17 N–H and O–H groups in total. The zero-order chi connectivity index (χ0) is 62.7. The van der Waals surface area contributed by atoms with Crippen molar-refractivity contribution in [2.45, 2.75) is 354 Å². The number of aliphatic hydroxyl groups excluding tert-OH is 13. The highest BCUT2D eigenvalue weighted by atomic mass is 31.2. The van der Waals surface area contributed by atoms with E-state index in [2.05, 4.69) is 19.2 Å². The van der Waals surface area contributed by atoms with Gasteiger partial charge < -0.3 is 101 Å². The van der Waals surface area contributed by atoms with Gasteiger partial charge in [0.1, 0.15) is 91.6 Å². The zero-order valence-corrected chi connectivity index (χ0v) is 52.2. The highest BCUT2D eigenvalue weighted by Crippen LogP contribution is 2.48. The maximum absolute atomic E-state index is 13.8. The molecule has 25 heteroatoms. The van der Waals surface area contributed by atoms with Crippen LogP contribution < -0.4 is 11.1 Å². The fraction of sp³-hybridized carbons (Fsp3) is 0.983. The minimum atomic E-state index is -5.58. The minimum absolute atomic E-state index is 0.0747. The van der Waals surface area contributed by atoms with Crippen LogP contribution in [0, 0.1) is 0 Å². The number of hydrogen-bond acceptors (Lipinski definition) is 22. The third-order valence-corrected chi connectivity index (χ3v) is 18.1. The van der Waals surface area contributed by atoms with Gasteiger partial charge in [0.15, 0.2) is 12.6 Å². The summed E-state index contributed by atoms with van der Waals surface area (Å²) in [5.41, 5.74) is 6.13. The molecule has 504 valence electrons. The van der Waals surface area contributed by atoms with E-state index in [1.54, 1.807) is 0 Å². The van der Waals surface area contributed by atoms with Crippen molar-refractivity contribution in [2.24, 2.45) is 5.73 Å². The van der Waals surface area contributed by atoms with Crippen LogP contribution in [0.1, 0.15) is 232 Å². The Bertz CT molecular complexity index is 1740. The molecule has 2 aliphatic heterocycles. The Morgan fingerprint density at radius 2 is 0.894 bits per heavy atom. The van der Waals surface area contributed by atoms with Gasteiger partial charge in [-0.25, -0.2) is 4.57 Å². The van der Waals surface area contributed by atoms with Gasteiger partial charge in [0.25, 0.3) is 0 Å². The molecule has 3 aliphatic rings. The molecule has 3 rings (SSSR count). The highest BCUT2D eigenvalue weighted by molar-refractivity contribution is 7.47. The van der Waals surface area contributed by atoms with Crippen LogP contribution >= 0.6 is 7.82 Å². The molecule has 3 fully saturated rings. The maximum atomic E-state index is 13.8. The quantitative estimate of drug-likeness (QED) is 0.0304. The van der Waals surface area contributed by atoms with E-state index >= 15 is 0 Å². The molecule has 5 unspecified atom stereocenters. The number of ether oxygens (including phenoxy) is 4. The number of aliphatic hydroxyl groups is 13. The van der Waals surface area contributed by atoms with Gasteiger partial charge in [-0.3, -0.25) is 13.8 Å². The van der Waals surface area contributed by atoms with E-state index < -0.39 is 156 Å². The van der Waals surface area contributed by atoms with Crippen LogP contribution in [0.5, 0.6) is 0 Å². The van der Waals surface area contributed by atoms with Crippen molar-refractivity contribution in [3.63, 3.8) is 0 Å². The summed E-state index contributed by atoms with van der Waals surface area (Å²) in [5, 5.41) is 142. The number of hydrogen-bond donors (Lipinski definition) is 16. The van der Waals surface area contributed by atoms with Gasteiger partial charge in [-0.1, -0.05) is 219 Å². The summed E-state index contributed by atoms with van der Waals surface area (Å²) in [4.78, 5) is 24.6. The Kier molecular flexibility index (Phi) is 40.8. The van der Waals surface area contributed by atoms with Crippen molar-refractivity contribution >= 4 is 13.7 Å². The summed E-state index contributed by atoms with van der Waals surface area (Å²) in [6.45, 7) is 1.88. The highest BCUT2D eigenvalue weighted by Gasteiger charge is 2.56. The van der Waals surface area contributed by atoms with Gasteiger partial charge in [0, 0.05) is 0 Å². The first-order valence-corrected chi connectivity index (χ1v) is 34.3. The molecule has 1 saturated carbocycles. The Labute approximate surface area is 506 Å². The lowest BCUT2D eigenvalue weighted by atomic mass is 9.84. The van der Waals surface area contributed by atoms with E-state index in [0.29, 0.717) is 12.8 Å². The number of phosphoric acid groups is 1. The number of nitrogens with two attached hydrogens (primary N) is 1. The van der Waals surface area contributed by atoms with Crippen LogP contribution in [0.15, 0.2) is 0 Å². The van der Waals surface area contributed by atoms with Gasteiger partial charge in [0.2, 0.25) is 5.91 Å². The van der Waals surface area contributed by atoms with Gasteiger partial charge >= 0.3 is 7.82 Å². The first-order chi connectivity index (χ1) is 40.7. The standard InChI is InChI=1S/C60H117N2O22P/c1-3-5-7-9-11-13-15-17-18-19-20-21-22-23-24-26-28-30-32-34-36-42(65)58(76)62-40(46(66)41(64)35-33-31-29-27-25-16-14-12-10-8-6-4-2)38-80-85(77,78)84-57-54(74)52(72)51(71)53(73)56(57)83-59-45(61)49(69)48(68)44(82-59)39-79-60-55(75)50(70)47(67)43(37-63)81-60/h40-57,59-60,63-75H,3-39,61H2,1-2H3,(H,62,76)(H,77,78)/t40?,41?,42?,43-,44-,45-,46?,47-,48-,49-,50+,51+,52+,53-,54-,55+,56-,57+,59-,60+/m1/s1. The third kappa shape index (κ3) is 28.9. The van der Waals surface area contributed by atoms with Crippen LogP contribution in [0.25, 0.3) is 0 Å². The molecule has 0 bridgehead atoms. The van der Waals surface area contributed by atoms with Crippen LogP contribution in [0.2, 0.25) is 0 Å². The number of rotatable bonds is 49. The number of amides is 1. The van der Waals surface area contributed by atoms with Gasteiger partial charge in [-0.05, 0) is 12.8 Å². The van der Waals surface area contributed by atoms with E-state index in [4.69, 9.17) is 33.7 Å². The van der Waals surface area contributed by atoms with Crippen molar-refractivity contribution in [2.75, 3.05) is 19.8 Å². The van der Waals surface area contributed by atoms with E-state index in [-0.39, 0.29) is 12.8 Å². The van der Waals surface area contributed by atoms with Crippen molar-refractivity contribution in [3.05, 3.63) is 0 Å². The van der Waals surface area contributed by atoms with Crippen LogP contribution in [-0.4, -0.2) is 219 Å². The second-order valence-corrected chi connectivity index (χ2v) is 25.8. The molecule has 21 atom stereocenters. The lowest BCUT2D eigenvalue weighted by Crippen LogP contribution is -2.68. The smallest absolute Gasteiger partial charge is 0.394 e. The van der Waals surface area contributed by atoms with E-state index in [9.17, 15) is 80.6 Å². The summed E-state index contributed by atoms with van der Waals surface area (Å²) in [5.74, 6) is -0.943. The molecule has 0 aromatic heterocycles. The molecule has 85 heavy (non-hydrogen) atoms. The largest absolute Gasteiger partial charge is 0.472 e. The topological polar surface area (TPSA) is 411 Å². The second kappa shape index (κ2) is 44.4. The Morgan fingerprint density at radius 3 is 1.34 bits per heavy atom. The Morgan fingerprint density at radius 1 is 0.506 bits per heavy atom. The molecule has 0 radical (unpaired) electrons.